The summed E-state index contributed by atoms with van der Waals surface area (Å²) in [5.41, 5.74) is 4.74. The number of fused-ring (bicyclic) bond motifs is 1. The number of hydrogen-bond donors (Lipinski definition) is 3. The number of anilines is 2. The minimum atomic E-state index is -1.41. The molecule has 3 aromatic rings. The number of nitrogens with one attached hydrogen (secondary N) is 1. The van der Waals surface area contributed by atoms with Crippen LogP contribution in [0.25, 0.3) is 10.4 Å². The number of amides is 1. The zero-order valence-corrected chi connectivity index (χ0v) is 19.9. The van der Waals surface area contributed by atoms with Crippen molar-refractivity contribution in [3.63, 3.8) is 0 Å². The first-order valence-electron chi connectivity index (χ1n) is 11.0. The number of aliphatic hydroxyl groups is 1. The van der Waals surface area contributed by atoms with Gasteiger partial charge in [-0.25, -0.2) is 13.8 Å². The van der Waals surface area contributed by atoms with E-state index in [0.717, 1.165) is 29.2 Å². The summed E-state index contributed by atoms with van der Waals surface area (Å²) in [7, 11) is 0. The van der Waals surface area contributed by atoms with E-state index in [1.165, 1.54) is 19.9 Å². The van der Waals surface area contributed by atoms with E-state index in [9.17, 15) is 18.7 Å². The number of primary amides is 1. The van der Waals surface area contributed by atoms with Gasteiger partial charge in [-0.05, 0) is 49.7 Å². The maximum atomic E-state index is 14.9. The number of carbonyl (C=O) groups is 1. The number of nitrogens with zero attached hydrogens (tertiary/aromatic N) is 2. The van der Waals surface area contributed by atoms with E-state index in [4.69, 9.17) is 15.2 Å². The molecule has 11 heteroatoms. The van der Waals surface area contributed by atoms with Crippen LogP contribution < -0.4 is 15.8 Å². The van der Waals surface area contributed by atoms with Crippen LogP contribution in [0.4, 0.5) is 19.6 Å². The molecule has 5 rings (SSSR count). The van der Waals surface area contributed by atoms with Crippen molar-refractivity contribution in [3.05, 3.63) is 58.8 Å². The number of pyridine rings is 1. The van der Waals surface area contributed by atoms with Crippen LogP contribution in [0.3, 0.4) is 0 Å². The number of aromatic nitrogens is 1. The molecule has 184 valence electrons. The van der Waals surface area contributed by atoms with Crippen molar-refractivity contribution in [1.82, 2.24) is 9.88 Å². The average Bonchev–Trinajstić information content (AvgIpc) is 3.14. The van der Waals surface area contributed by atoms with Crippen molar-refractivity contribution in [2.24, 2.45) is 5.73 Å². The van der Waals surface area contributed by atoms with E-state index >= 15 is 0 Å². The molecule has 2 aromatic heterocycles. The lowest BCUT2D eigenvalue weighted by Gasteiger charge is -2.39. The van der Waals surface area contributed by atoms with Gasteiger partial charge in [0.15, 0.2) is 0 Å². The smallest absolute Gasteiger partial charge is 0.251 e. The van der Waals surface area contributed by atoms with E-state index < -0.39 is 23.1 Å². The van der Waals surface area contributed by atoms with Crippen LogP contribution in [0.1, 0.15) is 35.5 Å². The number of benzene rings is 1. The Balaban J connectivity index is 1.45. The molecule has 0 atom stereocenters. The van der Waals surface area contributed by atoms with Crippen molar-refractivity contribution < 1.29 is 28.2 Å². The van der Waals surface area contributed by atoms with Gasteiger partial charge in [0.25, 0.3) is 5.91 Å². The monoisotopic (exact) mass is 502 g/mol. The summed E-state index contributed by atoms with van der Waals surface area (Å²) in [6.07, 6.45) is 0. The second-order valence-corrected chi connectivity index (χ2v) is 10.1. The summed E-state index contributed by atoms with van der Waals surface area (Å²) >= 11 is 0.980. The molecule has 2 aliphatic rings. The maximum Gasteiger partial charge on any atom is 0.251 e. The van der Waals surface area contributed by atoms with Crippen molar-refractivity contribution in [2.45, 2.75) is 32.0 Å². The highest BCUT2D eigenvalue weighted by atomic mass is 32.1. The Morgan fingerprint density at radius 1 is 1.26 bits per heavy atom. The van der Waals surface area contributed by atoms with Gasteiger partial charge in [0.2, 0.25) is 0 Å². The number of nitrogens with two attached hydrogens (primary N) is 1. The van der Waals surface area contributed by atoms with Gasteiger partial charge in [-0.3, -0.25) is 9.69 Å². The second kappa shape index (κ2) is 8.83. The Labute approximate surface area is 204 Å². The molecule has 0 aliphatic carbocycles. The van der Waals surface area contributed by atoms with Crippen LogP contribution in [-0.2, 0) is 16.9 Å². The molecule has 0 bridgehead atoms. The number of rotatable bonds is 6. The molecule has 0 spiro atoms. The largest absolute Gasteiger partial charge is 0.476 e. The van der Waals surface area contributed by atoms with Gasteiger partial charge in [0, 0.05) is 11.4 Å². The number of carbonyl (C=O) groups excluding carboxylic acids is 1. The zero-order valence-electron chi connectivity index (χ0n) is 19.1. The predicted molar refractivity (Wildman–Crippen MR) is 127 cm³/mol. The van der Waals surface area contributed by atoms with Crippen LogP contribution in [-0.4, -0.2) is 46.9 Å². The van der Waals surface area contributed by atoms with Crippen molar-refractivity contribution in [2.75, 3.05) is 25.3 Å². The Hall–Kier alpha value is -3.12. The van der Waals surface area contributed by atoms with E-state index in [1.54, 1.807) is 12.1 Å². The van der Waals surface area contributed by atoms with Gasteiger partial charge in [-0.2, -0.15) is 0 Å². The fourth-order valence-electron chi connectivity index (χ4n) is 3.93. The van der Waals surface area contributed by atoms with Crippen LogP contribution in [0, 0.1) is 11.6 Å². The van der Waals surface area contributed by atoms with E-state index in [-0.39, 0.29) is 27.6 Å². The topological polar surface area (TPSA) is 110 Å². The molecule has 0 saturated carbocycles. The molecule has 1 saturated heterocycles. The molecular weight excluding hydrogens is 478 g/mol. The molecular formula is C24H24F2N4O4S. The summed E-state index contributed by atoms with van der Waals surface area (Å²) in [5.74, 6) is -1.34. The first-order chi connectivity index (χ1) is 16.6. The molecule has 35 heavy (non-hydrogen) atoms. The quantitative estimate of drug-likeness (QED) is 0.471. The minimum absolute atomic E-state index is 0.0828. The molecule has 8 nitrogen and oxygen atoms in total. The molecule has 1 amide bonds. The van der Waals surface area contributed by atoms with Crippen molar-refractivity contribution in [3.8, 4) is 16.2 Å². The lowest BCUT2D eigenvalue weighted by Crippen LogP contribution is -2.51. The normalized spacial score (nSPS) is 16.4. The molecule has 0 radical (unpaired) electrons. The minimum Gasteiger partial charge on any atom is -0.476 e. The van der Waals surface area contributed by atoms with E-state index in [0.29, 0.717) is 43.1 Å². The van der Waals surface area contributed by atoms with Crippen LogP contribution in [0.15, 0.2) is 30.3 Å². The standard InChI is InChI=1S/C24H24F2N4O4S/c1-24(2,32)12-5-15(25)21(16(26)6-12)19-7-14(22(27)31)23(35-19)29-20-4-3-18-17(28-20)8-30(11-34-18)13-9-33-10-13/h3-7,13,32H,8-11H2,1-2H3,(H2,27,31)(H,28,29). The molecule has 1 fully saturated rings. The number of hydrogen-bond acceptors (Lipinski definition) is 8. The van der Waals surface area contributed by atoms with Crippen LogP contribution in [0.2, 0.25) is 0 Å². The highest BCUT2D eigenvalue weighted by Gasteiger charge is 2.30. The van der Waals surface area contributed by atoms with Gasteiger partial charge in [-0.1, -0.05) is 0 Å². The highest BCUT2D eigenvalue weighted by molar-refractivity contribution is 7.20. The second-order valence-electron chi connectivity index (χ2n) is 9.07. The third kappa shape index (κ3) is 4.59. The highest BCUT2D eigenvalue weighted by Crippen LogP contribution is 2.40. The summed E-state index contributed by atoms with van der Waals surface area (Å²) in [6, 6.07) is 7.28. The van der Waals surface area contributed by atoms with Crippen molar-refractivity contribution >= 4 is 28.1 Å². The average molecular weight is 503 g/mol. The number of thiophene rings is 1. The molecule has 4 N–H and O–H groups in total. The lowest BCUT2D eigenvalue weighted by molar-refractivity contribution is -0.0945. The Morgan fingerprint density at radius 3 is 2.57 bits per heavy atom. The Kier molecular flexibility index (Phi) is 5.96. The van der Waals surface area contributed by atoms with E-state index in [1.807, 2.05) is 0 Å². The van der Waals surface area contributed by atoms with E-state index in [2.05, 4.69) is 15.2 Å². The summed E-state index contributed by atoms with van der Waals surface area (Å²) in [6.45, 7) is 5.23. The fourth-order valence-corrected chi connectivity index (χ4v) is 5.05. The van der Waals surface area contributed by atoms with Gasteiger partial charge in [0.05, 0.1) is 41.7 Å². The molecule has 2 aliphatic heterocycles. The summed E-state index contributed by atoms with van der Waals surface area (Å²) < 4.78 is 40.8. The lowest BCUT2D eigenvalue weighted by atomic mass is 9.96. The van der Waals surface area contributed by atoms with Crippen molar-refractivity contribution in [1.29, 1.82) is 0 Å². The summed E-state index contributed by atoms with van der Waals surface area (Å²) in [4.78, 5) is 19.0. The van der Waals surface area contributed by atoms with Crippen LogP contribution in [0.5, 0.6) is 5.75 Å². The summed E-state index contributed by atoms with van der Waals surface area (Å²) in [5, 5.41) is 13.5. The van der Waals surface area contributed by atoms with Gasteiger partial charge in [-0.15, -0.1) is 11.3 Å². The predicted octanol–water partition coefficient (Wildman–Crippen LogP) is 3.71. The maximum absolute atomic E-state index is 14.9. The molecule has 1 aromatic carbocycles. The third-order valence-corrected chi connectivity index (χ3v) is 7.11. The fraction of sp³-hybridized carbons (Fsp3) is 0.333. The molecule has 4 heterocycles. The van der Waals surface area contributed by atoms with Gasteiger partial charge < -0.3 is 25.6 Å². The van der Waals surface area contributed by atoms with Gasteiger partial charge in [0.1, 0.15) is 34.9 Å². The Morgan fingerprint density at radius 2 is 1.97 bits per heavy atom. The zero-order chi connectivity index (χ0) is 24.9. The first-order valence-corrected chi connectivity index (χ1v) is 11.8. The molecule has 0 unspecified atom stereocenters. The first kappa shape index (κ1) is 23.6. The third-order valence-electron chi connectivity index (χ3n) is 6.04. The van der Waals surface area contributed by atoms with Crippen LogP contribution >= 0.6 is 11.3 Å². The number of halogens is 2. The Bertz CT molecular complexity index is 1280. The SMILES string of the molecule is CC(C)(O)c1cc(F)c(-c2cc(C(N)=O)c(Nc3ccc4c(n3)CN(C3COC3)CO4)s2)c(F)c1. The van der Waals surface area contributed by atoms with Gasteiger partial charge >= 0.3 is 0 Å². The number of ether oxygens (including phenoxy) is 2.